The molecule has 4 heterocycles. The van der Waals surface area contributed by atoms with Gasteiger partial charge in [-0.15, -0.1) is 34.9 Å². The van der Waals surface area contributed by atoms with Crippen molar-refractivity contribution >= 4 is 63.5 Å². The Morgan fingerprint density at radius 2 is 2.27 bits per heavy atom. The van der Waals surface area contributed by atoms with Crippen molar-refractivity contribution in [3.05, 3.63) is 33.6 Å². The van der Waals surface area contributed by atoms with E-state index in [0.717, 1.165) is 23.5 Å². The number of carbonyl (C=O) groups excluding carboxylic acids is 2. The molecule has 2 amide bonds. The van der Waals surface area contributed by atoms with E-state index >= 15 is 0 Å². The number of nitrogens with one attached hydrogen (secondary N) is 2. The van der Waals surface area contributed by atoms with Crippen LogP contribution >= 0.6 is 34.9 Å². The number of carboxylic acids is 1. The molecular formula is C17H18N8O5S3. The molecule has 0 saturated carbocycles. The van der Waals surface area contributed by atoms with Gasteiger partial charge in [-0.2, -0.15) is 15.4 Å². The van der Waals surface area contributed by atoms with Gasteiger partial charge >= 0.3 is 5.97 Å². The number of anilines is 1. The molecule has 174 valence electrons. The number of thioether (sulfide) groups is 2. The average molecular weight is 511 g/mol. The first-order valence-corrected chi connectivity index (χ1v) is 12.4. The highest BCUT2D eigenvalue weighted by atomic mass is 32.2. The molecule has 2 atom stereocenters. The summed E-state index contributed by atoms with van der Waals surface area (Å²) in [7, 11) is 0. The maximum absolute atomic E-state index is 12.8. The van der Waals surface area contributed by atoms with Gasteiger partial charge in [0.25, 0.3) is 11.8 Å². The number of nitrogens with two attached hydrogens (primary N) is 1. The van der Waals surface area contributed by atoms with Crippen molar-refractivity contribution in [2.45, 2.75) is 24.3 Å². The molecule has 1 fully saturated rings. The Labute approximate surface area is 198 Å². The fourth-order valence-corrected chi connectivity index (χ4v) is 6.45. The van der Waals surface area contributed by atoms with Crippen molar-refractivity contribution in [2.24, 2.45) is 5.16 Å². The second-order valence-corrected chi connectivity index (χ2v) is 10.1. The first kappa shape index (κ1) is 23.1. The zero-order valence-corrected chi connectivity index (χ0v) is 19.2. The largest absolute Gasteiger partial charge is 0.477 e. The summed E-state index contributed by atoms with van der Waals surface area (Å²) in [6, 6.07) is -0.955. The van der Waals surface area contributed by atoms with Crippen LogP contribution in [0.4, 0.5) is 5.13 Å². The summed E-state index contributed by atoms with van der Waals surface area (Å²) in [5.74, 6) is -1.52. The van der Waals surface area contributed by atoms with Crippen LogP contribution in [0.5, 0.6) is 0 Å². The zero-order valence-electron chi connectivity index (χ0n) is 16.8. The van der Waals surface area contributed by atoms with Crippen molar-refractivity contribution in [1.29, 1.82) is 0 Å². The van der Waals surface area contributed by atoms with Gasteiger partial charge in [0, 0.05) is 16.0 Å². The number of carboxylic acid groups (broad SMARTS) is 1. The minimum absolute atomic E-state index is 0.0657. The standard InChI is InChI=1S/C17H18N8O5S3/c18-17-20-8(5-33-17)10(23-30)13(26)21-11-14(27)25-12(16(28)29)9(6-32-15(11)25)31-3-1-2-7-4-19-24-22-7/h4-5,11,15,30H,1-3,6H2,(H2,18,20)(H,21,26)(H,28,29)(H,19,22,24)/b23-10-/t11-,15-/m1/s1. The molecule has 33 heavy (non-hydrogen) atoms. The average Bonchev–Trinajstić information content (AvgIpc) is 3.46. The number of hydrogen-bond acceptors (Lipinski definition) is 12. The number of β-lactam (4-membered cyclic amide) rings is 1. The highest BCUT2D eigenvalue weighted by molar-refractivity contribution is 8.06. The first-order chi connectivity index (χ1) is 15.9. The summed E-state index contributed by atoms with van der Waals surface area (Å²) in [4.78, 5) is 42.9. The summed E-state index contributed by atoms with van der Waals surface area (Å²) < 4.78 is 0. The van der Waals surface area contributed by atoms with Gasteiger partial charge in [-0.25, -0.2) is 9.78 Å². The van der Waals surface area contributed by atoms with E-state index in [0.29, 0.717) is 22.8 Å². The number of amides is 2. The van der Waals surface area contributed by atoms with Gasteiger partial charge in [0.2, 0.25) is 0 Å². The lowest BCUT2D eigenvalue weighted by Crippen LogP contribution is -2.71. The first-order valence-electron chi connectivity index (χ1n) is 9.53. The Kier molecular flexibility index (Phi) is 6.85. The molecule has 4 rings (SSSR count). The number of nitrogens with zero attached hydrogens (tertiary/aromatic N) is 5. The van der Waals surface area contributed by atoms with Gasteiger partial charge in [-0.1, -0.05) is 5.16 Å². The molecule has 2 aliphatic rings. The number of fused-ring (bicyclic) bond motifs is 1. The Morgan fingerprint density at radius 3 is 2.91 bits per heavy atom. The molecule has 0 radical (unpaired) electrons. The van der Waals surface area contributed by atoms with Crippen LogP contribution < -0.4 is 11.1 Å². The van der Waals surface area contributed by atoms with E-state index in [9.17, 15) is 24.7 Å². The van der Waals surface area contributed by atoms with Crippen LogP contribution in [0.2, 0.25) is 0 Å². The lowest BCUT2D eigenvalue weighted by Gasteiger charge is -2.49. The number of aromatic amines is 1. The maximum Gasteiger partial charge on any atom is 0.353 e. The van der Waals surface area contributed by atoms with Crippen molar-refractivity contribution in [1.82, 2.24) is 30.6 Å². The van der Waals surface area contributed by atoms with E-state index < -0.39 is 29.2 Å². The number of thiazole rings is 1. The summed E-state index contributed by atoms with van der Waals surface area (Å²) in [5, 5.41) is 35.8. The highest BCUT2D eigenvalue weighted by Gasteiger charge is 2.54. The monoisotopic (exact) mass is 510 g/mol. The van der Waals surface area contributed by atoms with Crippen LogP contribution in [-0.2, 0) is 20.8 Å². The van der Waals surface area contributed by atoms with Gasteiger partial charge < -0.3 is 21.4 Å². The van der Waals surface area contributed by atoms with Gasteiger partial charge in [0.1, 0.15) is 22.8 Å². The number of hydrogen-bond donors (Lipinski definition) is 5. The number of aliphatic carboxylic acids is 1. The van der Waals surface area contributed by atoms with Crippen LogP contribution in [0.15, 0.2) is 27.3 Å². The number of oxime groups is 1. The van der Waals surface area contributed by atoms with Crippen molar-refractivity contribution < 1.29 is 24.7 Å². The quantitative estimate of drug-likeness (QED) is 0.101. The van der Waals surface area contributed by atoms with Gasteiger partial charge in [-0.3, -0.25) is 14.5 Å². The van der Waals surface area contributed by atoms with Crippen molar-refractivity contribution in [2.75, 3.05) is 17.2 Å². The van der Waals surface area contributed by atoms with Gasteiger partial charge in [-0.05, 0) is 18.6 Å². The number of aromatic nitrogens is 4. The Hall–Kier alpha value is -3.11. The molecule has 6 N–H and O–H groups in total. The SMILES string of the molecule is Nc1nc(/C(=N/O)C(=O)N[C@@H]2C(=O)N3C(C(=O)O)=C(SCCCc4cn[nH]n4)CS[C@H]23)cs1. The Bertz CT molecular complexity index is 1130. The second kappa shape index (κ2) is 9.80. The molecule has 0 bridgehead atoms. The molecule has 2 aromatic heterocycles. The summed E-state index contributed by atoms with van der Waals surface area (Å²) in [6.45, 7) is 0. The molecule has 16 heteroatoms. The van der Waals surface area contributed by atoms with Crippen molar-refractivity contribution in [3.63, 3.8) is 0 Å². The third kappa shape index (κ3) is 4.67. The molecule has 1 saturated heterocycles. The Balaban J connectivity index is 1.40. The normalized spacial score (nSPS) is 20.4. The number of aryl methyl sites for hydroxylation is 1. The van der Waals surface area contributed by atoms with Crippen molar-refractivity contribution in [3.8, 4) is 0 Å². The predicted octanol–water partition coefficient (Wildman–Crippen LogP) is 0.0838. The Morgan fingerprint density at radius 1 is 1.45 bits per heavy atom. The second-order valence-electron chi connectivity index (χ2n) is 6.87. The van der Waals surface area contributed by atoms with E-state index in [1.165, 1.54) is 33.8 Å². The molecule has 0 aliphatic carbocycles. The van der Waals surface area contributed by atoms with Gasteiger partial charge in [0.05, 0.1) is 11.9 Å². The summed E-state index contributed by atoms with van der Waals surface area (Å²) >= 11 is 3.81. The maximum atomic E-state index is 12.8. The van der Waals surface area contributed by atoms with Crippen LogP contribution in [0.1, 0.15) is 17.8 Å². The summed E-state index contributed by atoms with van der Waals surface area (Å²) in [5.41, 5.74) is 6.00. The minimum atomic E-state index is -1.20. The van der Waals surface area contributed by atoms with E-state index in [4.69, 9.17) is 5.73 Å². The molecule has 13 nitrogen and oxygen atoms in total. The number of rotatable bonds is 9. The third-order valence-electron chi connectivity index (χ3n) is 4.82. The van der Waals surface area contributed by atoms with Crippen LogP contribution in [0.3, 0.4) is 0 Å². The minimum Gasteiger partial charge on any atom is -0.477 e. The fraction of sp³-hybridized carbons (Fsp3) is 0.353. The van der Waals surface area contributed by atoms with Gasteiger partial charge in [0.15, 0.2) is 10.8 Å². The fourth-order valence-electron chi connectivity index (χ4n) is 3.31. The molecule has 0 unspecified atom stereocenters. The molecule has 0 spiro atoms. The smallest absolute Gasteiger partial charge is 0.353 e. The topological polar surface area (TPSA) is 200 Å². The van der Waals surface area contributed by atoms with Crippen LogP contribution in [-0.4, -0.2) is 82.0 Å². The van der Waals surface area contributed by atoms with E-state index in [-0.39, 0.29) is 22.2 Å². The van der Waals surface area contributed by atoms with E-state index in [1.807, 2.05) is 0 Å². The van der Waals surface area contributed by atoms with E-state index in [2.05, 4.69) is 30.9 Å². The number of nitrogen functional groups attached to an aromatic ring is 1. The third-order valence-corrected chi connectivity index (χ3v) is 8.14. The number of H-pyrrole nitrogens is 1. The highest BCUT2D eigenvalue weighted by Crippen LogP contribution is 2.43. The number of carbonyl (C=O) groups is 3. The van der Waals surface area contributed by atoms with Crippen LogP contribution in [0.25, 0.3) is 0 Å². The molecular weight excluding hydrogens is 492 g/mol. The molecule has 0 aromatic carbocycles. The van der Waals surface area contributed by atoms with E-state index in [1.54, 1.807) is 6.20 Å². The summed E-state index contributed by atoms with van der Waals surface area (Å²) in [6.07, 6.45) is 3.10. The lowest BCUT2D eigenvalue weighted by atomic mass is 10.0. The zero-order chi connectivity index (χ0) is 23.5. The predicted molar refractivity (Wildman–Crippen MR) is 122 cm³/mol. The molecule has 2 aromatic rings. The lowest BCUT2D eigenvalue weighted by molar-refractivity contribution is -0.150. The van der Waals surface area contributed by atoms with Crippen LogP contribution in [0, 0.1) is 0 Å². The molecule has 2 aliphatic heterocycles.